The van der Waals surface area contributed by atoms with Gasteiger partial charge in [0.25, 0.3) is 5.91 Å². The Balaban J connectivity index is 1.87. The fourth-order valence-electron chi connectivity index (χ4n) is 2.18. The molecule has 27 heavy (non-hydrogen) atoms. The lowest BCUT2D eigenvalue weighted by atomic mass is 10.2. The molecule has 0 radical (unpaired) electrons. The van der Waals surface area contributed by atoms with Crippen LogP contribution in [0.3, 0.4) is 0 Å². The van der Waals surface area contributed by atoms with Crippen molar-refractivity contribution in [1.29, 1.82) is 0 Å². The minimum Gasteiger partial charge on any atom is -0.493 e. The number of aryl methyl sites for hydroxylation is 1. The first kappa shape index (κ1) is 20.6. The third kappa shape index (κ3) is 6.49. The topological polar surface area (TPSA) is 69.2 Å². The lowest BCUT2D eigenvalue weighted by Gasteiger charge is -2.13. The van der Waals surface area contributed by atoms with Crippen LogP contribution in [0.1, 0.15) is 25.0 Å². The second-order valence-corrected chi connectivity index (χ2v) is 6.50. The van der Waals surface area contributed by atoms with E-state index in [-0.39, 0.29) is 18.6 Å². The average molecular weight is 391 g/mol. The Kier molecular flexibility index (Phi) is 7.49. The Labute approximate surface area is 164 Å². The normalized spacial score (nSPS) is 10.9. The van der Waals surface area contributed by atoms with E-state index in [2.05, 4.69) is 10.5 Å². The number of hydrogen-bond acceptors (Lipinski definition) is 5. The molecule has 2 rings (SSSR count). The molecule has 0 unspecified atom stereocenters. The molecule has 0 spiro atoms. The van der Waals surface area contributed by atoms with Crippen molar-refractivity contribution in [1.82, 2.24) is 0 Å². The maximum atomic E-state index is 11.9. The molecule has 1 N–H and O–H groups in total. The van der Waals surface area contributed by atoms with Gasteiger partial charge in [-0.3, -0.25) is 4.79 Å². The zero-order valence-corrected chi connectivity index (χ0v) is 16.5. The standard InChI is InChI=1S/C20H23ClN2O4/c1-13(2)27-18-8-6-15(9-19(18)25-4)11-22-26-12-20(24)23-16-7-5-14(3)17(21)10-16/h5-11,13H,12H2,1-4H3,(H,23,24)/b22-11-. The third-order valence-corrected chi connectivity index (χ3v) is 3.89. The number of methoxy groups -OCH3 is 1. The number of hydrogen-bond donors (Lipinski definition) is 1. The second-order valence-electron chi connectivity index (χ2n) is 6.10. The summed E-state index contributed by atoms with van der Waals surface area (Å²) in [5.41, 5.74) is 2.30. The SMILES string of the molecule is COc1cc(/C=N\OCC(=O)Nc2ccc(C)c(Cl)c2)ccc1OC(C)C. The fourth-order valence-corrected chi connectivity index (χ4v) is 2.36. The van der Waals surface area contributed by atoms with Crippen molar-refractivity contribution >= 4 is 29.4 Å². The Hall–Kier alpha value is -2.73. The van der Waals surface area contributed by atoms with Gasteiger partial charge in [0, 0.05) is 16.3 Å². The van der Waals surface area contributed by atoms with Gasteiger partial charge in [-0.2, -0.15) is 0 Å². The van der Waals surface area contributed by atoms with Gasteiger partial charge < -0.3 is 19.6 Å². The largest absolute Gasteiger partial charge is 0.493 e. The van der Waals surface area contributed by atoms with Crippen LogP contribution in [0, 0.1) is 6.92 Å². The summed E-state index contributed by atoms with van der Waals surface area (Å²) in [4.78, 5) is 16.9. The summed E-state index contributed by atoms with van der Waals surface area (Å²) in [6, 6.07) is 10.7. The van der Waals surface area contributed by atoms with Crippen molar-refractivity contribution in [2.75, 3.05) is 19.0 Å². The third-order valence-electron chi connectivity index (χ3n) is 3.48. The molecule has 1 amide bonds. The van der Waals surface area contributed by atoms with Crippen LogP contribution in [0.4, 0.5) is 5.69 Å². The molecule has 0 aliphatic rings. The number of carbonyl (C=O) groups excluding carboxylic acids is 1. The molecule has 0 bridgehead atoms. The lowest BCUT2D eigenvalue weighted by Crippen LogP contribution is -2.17. The number of amides is 1. The first-order valence-corrected chi connectivity index (χ1v) is 8.83. The number of nitrogens with one attached hydrogen (secondary N) is 1. The minimum absolute atomic E-state index is 0.0451. The number of halogens is 1. The predicted octanol–water partition coefficient (Wildman–Crippen LogP) is 4.43. The van der Waals surface area contributed by atoms with Gasteiger partial charge in [0.2, 0.25) is 0 Å². The molecule has 6 nitrogen and oxygen atoms in total. The van der Waals surface area contributed by atoms with Crippen LogP contribution in [0.2, 0.25) is 5.02 Å². The van der Waals surface area contributed by atoms with Crippen LogP contribution in [-0.2, 0) is 9.63 Å². The first-order valence-electron chi connectivity index (χ1n) is 8.45. The summed E-state index contributed by atoms with van der Waals surface area (Å²) in [5, 5.41) is 7.09. The van der Waals surface area contributed by atoms with Gasteiger partial charge in [-0.05, 0) is 56.7 Å². The summed E-state index contributed by atoms with van der Waals surface area (Å²) in [6.07, 6.45) is 1.54. The highest BCUT2D eigenvalue weighted by molar-refractivity contribution is 6.31. The van der Waals surface area contributed by atoms with Gasteiger partial charge in [-0.25, -0.2) is 0 Å². The highest BCUT2D eigenvalue weighted by atomic mass is 35.5. The summed E-state index contributed by atoms with van der Waals surface area (Å²) in [5.74, 6) is 0.925. The average Bonchev–Trinajstić information content (AvgIpc) is 2.62. The maximum Gasteiger partial charge on any atom is 0.265 e. The number of carbonyl (C=O) groups is 1. The monoisotopic (exact) mass is 390 g/mol. The Morgan fingerprint density at radius 3 is 2.67 bits per heavy atom. The van der Waals surface area contributed by atoms with Crippen molar-refractivity contribution in [2.45, 2.75) is 26.9 Å². The van der Waals surface area contributed by atoms with Crippen molar-refractivity contribution in [3.8, 4) is 11.5 Å². The highest BCUT2D eigenvalue weighted by Gasteiger charge is 2.07. The molecule has 144 valence electrons. The van der Waals surface area contributed by atoms with Crippen LogP contribution in [0.15, 0.2) is 41.6 Å². The molecule has 2 aromatic rings. The van der Waals surface area contributed by atoms with Gasteiger partial charge in [-0.1, -0.05) is 22.8 Å². The summed E-state index contributed by atoms with van der Waals surface area (Å²) >= 11 is 6.03. The minimum atomic E-state index is -0.328. The van der Waals surface area contributed by atoms with E-state index in [0.717, 1.165) is 11.1 Å². The van der Waals surface area contributed by atoms with E-state index in [0.29, 0.717) is 22.2 Å². The summed E-state index contributed by atoms with van der Waals surface area (Å²) in [7, 11) is 1.57. The summed E-state index contributed by atoms with van der Waals surface area (Å²) < 4.78 is 11.0. The van der Waals surface area contributed by atoms with E-state index in [1.165, 1.54) is 6.21 Å². The maximum absolute atomic E-state index is 11.9. The number of benzene rings is 2. The van der Waals surface area contributed by atoms with Crippen LogP contribution >= 0.6 is 11.6 Å². The number of nitrogens with zero attached hydrogens (tertiary/aromatic N) is 1. The van der Waals surface area contributed by atoms with E-state index in [4.69, 9.17) is 25.9 Å². The number of ether oxygens (including phenoxy) is 2. The molecule has 0 fully saturated rings. The number of anilines is 1. The number of oxime groups is 1. The Bertz CT molecular complexity index is 822. The molecule has 0 aromatic heterocycles. The lowest BCUT2D eigenvalue weighted by molar-refractivity contribution is -0.120. The molecule has 0 aliphatic heterocycles. The molecular formula is C20H23ClN2O4. The quantitative estimate of drug-likeness (QED) is 0.534. The molecule has 0 saturated heterocycles. The van der Waals surface area contributed by atoms with Gasteiger partial charge in [0.15, 0.2) is 18.1 Å². The van der Waals surface area contributed by atoms with Gasteiger partial charge in [-0.15, -0.1) is 0 Å². The van der Waals surface area contributed by atoms with E-state index < -0.39 is 0 Å². The van der Waals surface area contributed by atoms with E-state index in [1.54, 1.807) is 31.4 Å². The van der Waals surface area contributed by atoms with Crippen LogP contribution in [0.25, 0.3) is 0 Å². The molecule has 2 aromatic carbocycles. The Morgan fingerprint density at radius 2 is 2.00 bits per heavy atom. The van der Waals surface area contributed by atoms with E-state index >= 15 is 0 Å². The molecule has 0 saturated carbocycles. The van der Waals surface area contributed by atoms with Crippen LogP contribution in [0.5, 0.6) is 11.5 Å². The molecular weight excluding hydrogens is 368 g/mol. The second kappa shape index (κ2) is 9.83. The molecule has 0 heterocycles. The van der Waals surface area contributed by atoms with E-state index in [9.17, 15) is 4.79 Å². The van der Waals surface area contributed by atoms with Gasteiger partial charge in [0.05, 0.1) is 19.4 Å². The predicted molar refractivity (Wildman–Crippen MR) is 107 cm³/mol. The van der Waals surface area contributed by atoms with Crippen molar-refractivity contribution in [3.05, 3.63) is 52.5 Å². The van der Waals surface area contributed by atoms with Gasteiger partial charge in [0.1, 0.15) is 0 Å². The first-order chi connectivity index (χ1) is 12.9. The Morgan fingerprint density at radius 1 is 1.22 bits per heavy atom. The molecule has 7 heteroatoms. The zero-order chi connectivity index (χ0) is 19.8. The zero-order valence-electron chi connectivity index (χ0n) is 15.8. The fraction of sp³-hybridized carbons (Fsp3) is 0.300. The van der Waals surface area contributed by atoms with Crippen molar-refractivity contribution in [3.63, 3.8) is 0 Å². The van der Waals surface area contributed by atoms with Crippen molar-refractivity contribution in [2.24, 2.45) is 5.16 Å². The molecule has 0 atom stereocenters. The highest BCUT2D eigenvalue weighted by Crippen LogP contribution is 2.28. The van der Waals surface area contributed by atoms with Crippen LogP contribution in [-0.4, -0.2) is 31.9 Å². The van der Waals surface area contributed by atoms with Gasteiger partial charge >= 0.3 is 0 Å². The summed E-state index contributed by atoms with van der Waals surface area (Å²) in [6.45, 7) is 5.56. The van der Waals surface area contributed by atoms with Crippen molar-refractivity contribution < 1.29 is 19.1 Å². The number of rotatable bonds is 8. The smallest absolute Gasteiger partial charge is 0.265 e. The molecule has 0 aliphatic carbocycles. The van der Waals surface area contributed by atoms with E-state index in [1.807, 2.05) is 32.9 Å². The van der Waals surface area contributed by atoms with Crippen LogP contribution < -0.4 is 14.8 Å².